The molecule has 19 heavy (non-hydrogen) atoms. The molecule has 0 aliphatic carbocycles. The zero-order valence-electron chi connectivity index (χ0n) is 11.1. The van der Waals surface area contributed by atoms with Crippen molar-refractivity contribution in [1.82, 2.24) is 14.9 Å². The van der Waals surface area contributed by atoms with Crippen LogP contribution in [0.5, 0.6) is 0 Å². The molecular weight excluding hydrogens is 241 g/mol. The lowest BCUT2D eigenvalue weighted by molar-refractivity contribution is 0.560. The topological polar surface area (TPSA) is 29.9 Å². The minimum atomic E-state index is -0.191. The van der Waals surface area contributed by atoms with E-state index < -0.39 is 0 Å². The van der Waals surface area contributed by atoms with E-state index in [1.807, 2.05) is 18.3 Å². The zero-order chi connectivity index (χ0) is 13.2. The summed E-state index contributed by atoms with van der Waals surface area (Å²) in [7, 11) is 0. The molecule has 1 unspecified atom stereocenters. The molecular formula is C15H18FN3. The maximum absolute atomic E-state index is 12.9. The predicted molar refractivity (Wildman–Crippen MR) is 72.4 cm³/mol. The summed E-state index contributed by atoms with van der Waals surface area (Å²) in [4.78, 5) is 4.54. The smallest absolute Gasteiger partial charge is 0.126 e. The van der Waals surface area contributed by atoms with Gasteiger partial charge in [-0.15, -0.1) is 0 Å². The van der Waals surface area contributed by atoms with Gasteiger partial charge in [0.05, 0.1) is 6.04 Å². The number of nitrogens with zero attached hydrogens (tertiary/aromatic N) is 2. The fourth-order valence-electron chi connectivity index (χ4n) is 2.64. The molecule has 1 atom stereocenters. The van der Waals surface area contributed by atoms with Crippen LogP contribution < -0.4 is 5.32 Å². The van der Waals surface area contributed by atoms with Gasteiger partial charge in [-0.3, -0.25) is 0 Å². The van der Waals surface area contributed by atoms with Crippen LogP contribution in [-0.4, -0.2) is 16.1 Å². The Labute approximate surface area is 112 Å². The highest BCUT2D eigenvalue weighted by atomic mass is 19.1. The molecule has 3 rings (SSSR count). The molecule has 4 heteroatoms. The third-order valence-corrected chi connectivity index (χ3v) is 3.71. The van der Waals surface area contributed by atoms with E-state index in [4.69, 9.17) is 0 Å². The Balaban J connectivity index is 1.87. The SMILES string of the molecule is Cc1cnc(C2CCCN2)n1Cc1ccc(F)cc1. The first kappa shape index (κ1) is 12.4. The quantitative estimate of drug-likeness (QED) is 0.918. The molecule has 0 saturated carbocycles. The highest BCUT2D eigenvalue weighted by Crippen LogP contribution is 2.23. The molecule has 1 saturated heterocycles. The van der Waals surface area contributed by atoms with Crippen molar-refractivity contribution in [3.8, 4) is 0 Å². The zero-order valence-corrected chi connectivity index (χ0v) is 11.1. The number of halogens is 1. The van der Waals surface area contributed by atoms with Gasteiger partial charge in [0.2, 0.25) is 0 Å². The summed E-state index contributed by atoms with van der Waals surface area (Å²) in [6, 6.07) is 7.04. The lowest BCUT2D eigenvalue weighted by Gasteiger charge is -2.15. The van der Waals surface area contributed by atoms with Gasteiger partial charge in [0.15, 0.2) is 0 Å². The van der Waals surface area contributed by atoms with Gasteiger partial charge in [-0.05, 0) is 44.0 Å². The Morgan fingerprint density at radius 3 is 2.84 bits per heavy atom. The third kappa shape index (κ3) is 2.54. The minimum absolute atomic E-state index is 0.191. The molecule has 0 spiro atoms. The van der Waals surface area contributed by atoms with Crippen molar-refractivity contribution < 1.29 is 4.39 Å². The summed E-state index contributed by atoms with van der Waals surface area (Å²) in [6.07, 6.45) is 4.26. The van der Waals surface area contributed by atoms with Crippen molar-refractivity contribution in [2.45, 2.75) is 32.4 Å². The van der Waals surface area contributed by atoms with Crippen LogP contribution in [0.4, 0.5) is 4.39 Å². The highest BCUT2D eigenvalue weighted by Gasteiger charge is 2.21. The first-order chi connectivity index (χ1) is 9.24. The molecule has 0 radical (unpaired) electrons. The lowest BCUT2D eigenvalue weighted by atomic mass is 10.2. The van der Waals surface area contributed by atoms with Gasteiger partial charge in [-0.1, -0.05) is 12.1 Å². The summed E-state index contributed by atoms with van der Waals surface area (Å²) < 4.78 is 15.2. The number of hydrogen-bond donors (Lipinski definition) is 1. The molecule has 1 aromatic heterocycles. The van der Waals surface area contributed by atoms with E-state index >= 15 is 0 Å². The van der Waals surface area contributed by atoms with E-state index in [2.05, 4.69) is 21.8 Å². The number of aromatic nitrogens is 2. The molecule has 1 aromatic carbocycles. The van der Waals surface area contributed by atoms with Crippen molar-refractivity contribution in [3.63, 3.8) is 0 Å². The van der Waals surface area contributed by atoms with Gasteiger partial charge < -0.3 is 9.88 Å². The van der Waals surface area contributed by atoms with Gasteiger partial charge in [0.25, 0.3) is 0 Å². The number of rotatable bonds is 3. The number of imidazole rings is 1. The van der Waals surface area contributed by atoms with Crippen LogP contribution in [-0.2, 0) is 6.54 Å². The number of aryl methyl sites for hydroxylation is 1. The minimum Gasteiger partial charge on any atom is -0.327 e. The summed E-state index contributed by atoms with van der Waals surface area (Å²) in [6.45, 7) is 3.88. The number of benzene rings is 1. The van der Waals surface area contributed by atoms with Crippen LogP contribution in [0.25, 0.3) is 0 Å². The van der Waals surface area contributed by atoms with Crippen molar-refractivity contribution >= 4 is 0 Å². The fourth-order valence-corrected chi connectivity index (χ4v) is 2.64. The Kier molecular flexibility index (Phi) is 3.34. The maximum Gasteiger partial charge on any atom is 0.126 e. The molecule has 1 fully saturated rings. The van der Waals surface area contributed by atoms with E-state index in [1.165, 1.54) is 18.6 Å². The van der Waals surface area contributed by atoms with Crippen molar-refractivity contribution in [2.75, 3.05) is 6.54 Å². The lowest BCUT2D eigenvalue weighted by Crippen LogP contribution is -2.19. The normalized spacial score (nSPS) is 18.9. The molecule has 2 aromatic rings. The molecule has 0 amide bonds. The van der Waals surface area contributed by atoms with Gasteiger partial charge in [0, 0.05) is 18.4 Å². The van der Waals surface area contributed by atoms with Gasteiger partial charge in [-0.25, -0.2) is 9.37 Å². The molecule has 2 heterocycles. The van der Waals surface area contributed by atoms with E-state index in [0.29, 0.717) is 6.04 Å². The molecule has 1 aliphatic heterocycles. The second kappa shape index (κ2) is 5.13. The molecule has 1 N–H and O–H groups in total. The Morgan fingerprint density at radius 1 is 1.37 bits per heavy atom. The maximum atomic E-state index is 12.9. The van der Waals surface area contributed by atoms with Crippen LogP contribution >= 0.6 is 0 Å². The first-order valence-electron chi connectivity index (χ1n) is 6.74. The van der Waals surface area contributed by atoms with E-state index in [9.17, 15) is 4.39 Å². The van der Waals surface area contributed by atoms with Crippen LogP contribution in [0.2, 0.25) is 0 Å². The van der Waals surface area contributed by atoms with Crippen LogP contribution in [0.1, 0.15) is 36.0 Å². The average molecular weight is 259 g/mol. The fraction of sp³-hybridized carbons (Fsp3) is 0.400. The summed E-state index contributed by atoms with van der Waals surface area (Å²) in [5.41, 5.74) is 2.25. The first-order valence-corrected chi connectivity index (χ1v) is 6.74. The van der Waals surface area contributed by atoms with Crippen LogP contribution in [0.3, 0.4) is 0 Å². The van der Waals surface area contributed by atoms with E-state index in [1.54, 1.807) is 0 Å². The van der Waals surface area contributed by atoms with Crippen molar-refractivity contribution in [2.24, 2.45) is 0 Å². The Bertz CT molecular complexity index is 553. The number of hydrogen-bond acceptors (Lipinski definition) is 2. The van der Waals surface area contributed by atoms with Crippen LogP contribution in [0, 0.1) is 12.7 Å². The average Bonchev–Trinajstić information content (AvgIpc) is 3.03. The van der Waals surface area contributed by atoms with Crippen molar-refractivity contribution in [1.29, 1.82) is 0 Å². The second-order valence-corrected chi connectivity index (χ2v) is 5.12. The highest BCUT2D eigenvalue weighted by molar-refractivity contribution is 5.19. The Morgan fingerprint density at radius 2 is 2.16 bits per heavy atom. The summed E-state index contributed by atoms with van der Waals surface area (Å²) in [5.74, 6) is 0.906. The third-order valence-electron chi connectivity index (χ3n) is 3.71. The second-order valence-electron chi connectivity index (χ2n) is 5.12. The largest absolute Gasteiger partial charge is 0.327 e. The molecule has 1 aliphatic rings. The predicted octanol–water partition coefficient (Wildman–Crippen LogP) is 2.80. The molecule has 0 bridgehead atoms. The van der Waals surface area contributed by atoms with Gasteiger partial charge in [0.1, 0.15) is 11.6 Å². The standard InChI is InChI=1S/C15H18FN3/c1-11-9-18-15(14-3-2-8-17-14)19(11)10-12-4-6-13(16)7-5-12/h4-7,9,14,17H,2-3,8,10H2,1H3. The van der Waals surface area contributed by atoms with Crippen LogP contribution in [0.15, 0.2) is 30.5 Å². The molecule has 3 nitrogen and oxygen atoms in total. The number of nitrogens with one attached hydrogen (secondary N) is 1. The summed E-state index contributed by atoms with van der Waals surface area (Å²) in [5, 5.41) is 3.48. The monoisotopic (exact) mass is 259 g/mol. The Hall–Kier alpha value is -1.68. The van der Waals surface area contributed by atoms with Crippen molar-refractivity contribution in [3.05, 3.63) is 53.4 Å². The van der Waals surface area contributed by atoms with Gasteiger partial charge >= 0.3 is 0 Å². The summed E-state index contributed by atoms with van der Waals surface area (Å²) >= 11 is 0. The van der Waals surface area contributed by atoms with E-state index in [0.717, 1.165) is 36.6 Å². The van der Waals surface area contributed by atoms with Gasteiger partial charge in [-0.2, -0.15) is 0 Å². The molecule has 100 valence electrons. The van der Waals surface area contributed by atoms with E-state index in [-0.39, 0.29) is 5.82 Å².